The van der Waals surface area contributed by atoms with Crippen LogP contribution in [-0.2, 0) is 11.3 Å². The minimum atomic E-state index is -0.268. The maximum absolute atomic E-state index is 12.8. The van der Waals surface area contributed by atoms with Gasteiger partial charge in [0.2, 0.25) is 0 Å². The highest BCUT2D eigenvalue weighted by Gasteiger charge is 2.14. The molecule has 0 aliphatic rings. The highest BCUT2D eigenvalue weighted by molar-refractivity contribution is 7.16. The fraction of sp³-hybridized carbons (Fsp3) is 0.300. The number of rotatable bonds is 5. The third-order valence-corrected chi connectivity index (χ3v) is 5.71. The standard InChI is InChI=1S/C20H20Cl2N2O2S/c1-4-26-8-7-24-18-16(22)10-14(21)11-17(18)27-20(24)23-19(25)15-9-12(2)5-6-13(15)3/h5-6,9-11H,4,7-8H2,1-3H3. The van der Waals surface area contributed by atoms with Crippen molar-refractivity contribution in [1.82, 2.24) is 4.57 Å². The van der Waals surface area contributed by atoms with Crippen LogP contribution in [0.1, 0.15) is 28.4 Å². The number of nitrogens with zero attached hydrogens (tertiary/aromatic N) is 2. The Bertz CT molecular complexity index is 1070. The number of carbonyl (C=O) groups is 1. The SMILES string of the molecule is CCOCCn1c(=NC(=O)c2cc(C)ccc2C)sc2cc(Cl)cc(Cl)c21. The molecule has 4 nitrogen and oxygen atoms in total. The van der Waals surface area contributed by atoms with E-state index in [2.05, 4.69) is 4.99 Å². The Labute approximate surface area is 172 Å². The molecule has 0 radical (unpaired) electrons. The van der Waals surface area contributed by atoms with Crippen LogP contribution in [-0.4, -0.2) is 23.7 Å². The van der Waals surface area contributed by atoms with Crippen LogP contribution in [0.25, 0.3) is 10.2 Å². The van der Waals surface area contributed by atoms with Crippen molar-refractivity contribution in [3.8, 4) is 0 Å². The zero-order chi connectivity index (χ0) is 19.6. The van der Waals surface area contributed by atoms with Gasteiger partial charge in [-0.3, -0.25) is 4.79 Å². The smallest absolute Gasteiger partial charge is 0.279 e. The van der Waals surface area contributed by atoms with E-state index in [9.17, 15) is 4.79 Å². The summed E-state index contributed by atoms with van der Waals surface area (Å²) in [6.07, 6.45) is 0. The summed E-state index contributed by atoms with van der Waals surface area (Å²) in [6.45, 7) is 7.49. The van der Waals surface area contributed by atoms with Gasteiger partial charge < -0.3 is 9.30 Å². The summed E-state index contributed by atoms with van der Waals surface area (Å²) in [7, 11) is 0. The van der Waals surface area contributed by atoms with Crippen molar-refractivity contribution in [2.75, 3.05) is 13.2 Å². The van der Waals surface area contributed by atoms with Crippen LogP contribution in [0.2, 0.25) is 10.0 Å². The van der Waals surface area contributed by atoms with Crippen molar-refractivity contribution < 1.29 is 9.53 Å². The second-order valence-electron chi connectivity index (χ2n) is 6.20. The van der Waals surface area contributed by atoms with E-state index in [4.69, 9.17) is 27.9 Å². The highest BCUT2D eigenvalue weighted by atomic mass is 35.5. The molecular formula is C20H20Cl2N2O2S. The summed E-state index contributed by atoms with van der Waals surface area (Å²) < 4.78 is 8.30. The predicted octanol–water partition coefficient (Wildman–Crippen LogP) is 5.40. The molecule has 3 aromatic rings. The Morgan fingerprint density at radius 2 is 2.00 bits per heavy atom. The molecular weight excluding hydrogens is 403 g/mol. The number of hydrogen-bond acceptors (Lipinski definition) is 3. The van der Waals surface area contributed by atoms with E-state index < -0.39 is 0 Å². The zero-order valence-corrected chi connectivity index (χ0v) is 17.7. The first-order valence-electron chi connectivity index (χ1n) is 8.63. The number of amides is 1. The largest absolute Gasteiger partial charge is 0.380 e. The first kappa shape index (κ1) is 20.1. The molecule has 0 bridgehead atoms. The number of halogens is 2. The molecule has 2 aromatic carbocycles. The average molecular weight is 423 g/mol. The van der Waals surface area contributed by atoms with Crippen LogP contribution < -0.4 is 4.80 Å². The molecule has 0 N–H and O–H groups in total. The Balaban J connectivity index is 2.15. The molecule has 0 saturated heterocycles. The van der Waals surface area contributed by atoms with Gasteiger partial charge in [0, 0.05) is 23.7 Å². The topological polar surface area (TPSA) is 43.6 Å². The van der Waals surface area contributed by atoms with E-state index in [0.29, 0.717) is 40.2 Å². The molecule has 7 heteroatoms. The van der Waals surface area contributed by atoms with E-state index in [1.165, 1.54) is 11.3 Å². The molecule has 27 heavy (non-hydrogen) atoms. The number of hydrogen-bond donors (Lipinski definition) is 0. The Hall–Kier alpha value is -1.66. The van der Waals surface area contributed by atoms with E-state index in [-0.39, 0.29) is 5.91 Å². The second kappa shape index (κ2) is 8.57. The minimum Gasteiger partial charge on any atom is -0.380 e. The molecule has 0 aliphatic carbocycles. The first-order valence-corrected chi connectivity index (χ1v) is 10.2. The fourth-order valence-corrected chi connectivity index (χ4v) is 4.67. The quantitative estimate of drug-likeness (QED) is 0.516. The normalized spacial score (nSPS) is 12.1. The van der Waals surface area contributed by atoms with Crippen molar-refractivity contribution in [2.45, 2.75) is 27.3 Å². The molecule has 0 spiro atoms. The van der Waals surface area contributed by atoms with Crippen molar-refractivity contribution in [1.29, 1.82) is 0 Å². The molecule has 0 fully saturated rings. The minimum absolute atomic E-state index is 0.268. The van der Waals surface area contributed by atoms with Crippen molar-refractivity contribution in [3.05, 3.63) is 61.9 Å². The van der Waals surface area contributed by atoms with Gasteiger partial charge in [-0.2, -0.15) is 4.99 Å². The number of ether oxygens (including phenoxy) is 1. The van der Waals surface area contributed by atoms with Crippen LogP contribution >= 0.6 is 34.5 Å². The Morgan fingerprint density at radius 1 is 1.22 bits per heavy atom. The lowest BCUT2D eigenvalue weighted by atomic mass is 10.1. The van der Waals surface area contributed by atoms with Gasteiger partial charge in [0.05, 0.1) is 21.8 Å². The molecule has 0 aliphatic heterocycles. The third kappa shape index (κ3) is 4.43. The summed E-state index contributed by atoms with van der Waals surface area (Å²) in [5.41, 5.74) is 3.35. The lowest BCUT2D eigenvalue weighted by Crippen LogP contribution is -2.20. The monoisotopic (exact) mass is 422 g/mol. The molecule has 0 unspecified atom stereocenters. The molecule has 1 heterocycles. The lowest BCUT2D eigenvalue weighted by Gasteiger charge is -2.07. The molecule has 0 atom stereocenters. The summed E-state index contributed by atoms with van der Waals surface area (Å²) >= 11 is 14.0. The summed E-state index contributed by atoms with van der Waals surface area (Å²) in [4.78, 5) is 17.8. The van der Waals surface area contributed by atoms with E-state index >= 15 is 0 Å². The van der Waals surface area contributed by atoms with Crippen LogP contribution in [0.3, 0.4) is 0 Å². The van der Waals surface area contributed by atoms with Crippen molar-refractivity contribution in [2.24, 2.45) is 4.99 Å². The van der Waals surface area contributed by atoms with Gasteiger partial charge in [-0.05, 0) is 44.5 Å². The maximum atomic E-state index is 12.8. The van der Waals surface area contributed by atoms with Crippen LogP contribution in [0.5, 0.6) is 0 Å². The number of thiazole rings is 1. The number of fused-ring (bicyclic) bond motifs is 1. The summed E-state index contributed by atoms with van der Waals surface area (Å²) in [5, 5.41) is 1.09. The first-order chi connectivity index (χ1) is 12.9. The maximum Gasteiger partial charge on any atom is 0.279 e. The molecule has 142 valence electrons. The van der Waals surface area contributed by atoms with E-state index in [1.807, 2.05) is 49.6 Å². The number of benzene rings is 2. The van der Waals surface area contributed by atoms with E-state index in [1.54, 1.807) is 6.07 Å². The van der Waals surface area contributed by atoms with Gasteiger partial charge >= 0.3 is 0 Å². The van der Waals surface area contributed by atoms with Crippen LogP contribution in [0.15, 0.2) is 35.3 Å². The fourth-order valence-electron chi connectivity index (χ4n) is 2.84. The van der Waals surface area contributed by atoms with Gasteiger partial charge in [-0.25, -0.2) is 0 Å². The van der Waals surface area contributed by atoms with Crippen molar-refractivity contribution in [3.63, 3.8) is 0 Å². The van der Waals surface area contributed by atoms with Gasteiger partial charge in [0.15, 0.2) is 4.80 Å². The molecule has 1 aromatic heterocycles. The van der Waals surface area contributed by atoms with Gasteiger partial charge in [-0.1, -0.05) is 52.2 Å². The van der Waals surface area contributed by atoms with Gasteiger partial charge in [0.1, 0.15) is 0 Å². The summed E-state index contributed by atoms with van der Waals surface area (Å²) in [6, 6.07) is 9.32. The number of aromatic nitrogens is 1. The summed E-state index contributed by atoms with van der Waals surface area (Å²) in [5.74, 6) is -0.268. The molecule has 0 saturated carbocycles. The number of aryl methyl sites for hydroxylation is 2. The predicted molar refractivity (Wildman–Crippen MR) is 112 cm³/mol. The highest BCUT2D eigenvalue weighted by Crippen LogP contribution is 2.29. The van der Waals surface area contributed by atoms with Crippen molar-refractivity contribution >= 4 is 50.7 Å². The van der Waals surface area contributed by atoms with E-state index in [0.717, 1.165) is 21.3 Å². The third-order valence-electron chi connectivity index (χ3n) is 4.18. The van der Waals surface area contributed by atoms with Gasteiger partial charge in [-0.15, -0.1) is 0 Å². The Kier molecular flexibility index (Phi) is 6.37. The lowest BCUT2D eigenvalue weighted by molar-refractivity contribution is 0.0996. The molecule has 1 amide bonds. The zero-order valence-electron chi connectivity index (χ0n) is 15.4. The Morgan fingerprint density at radius 3 is 2.74 bits per heavy atom. The average Bonchev–Trinajstić information content (AvgIpc) is 2.94. The molecule has 3 rings (SSSR count). The number of carbonyl (C=O) groups excluding carboxylic acids is 1. The van der Waals surface area contributed by atoms with Crippen LogP contribution in [0.4, 0.5) is 0 Å². The van der Waals surface area contributed by atoms with Crippen LogP contribution in [0, 0.1) is 13.8 Å². The van der Waals surface area contributed by atoms with Gasteiger partial charge in [0.25, 0.3) is 5.91 Å². The second-order valence-corrected chi connectivity index (χ2v) is 8.06.